The van der Waals surface area contributed by atoms with Crippen LogP contribution in [-0.4, -0.2) is 10.9 Å². The summed E-state index contributed by atoms with van der Waals surface area (Å²) in [4.78, 5) is 1.90. The van der Waals surface area contributed by atoms with Crippen LogP contribution in [0.5, 0.6) is 5.75 Å². The maximum absolute atomic E-state index is 9.54. The fraction of sp³-hybridized carbons (Fsp3) is 0.208. The van der Waals surface area contributed by atoms with Gasteiger partial charge >= 0.3 is 0 Å². The molecule has 27 heavy (non-hydrogen) atoms. The summed E-state index contributed by atoms with van der Waals surface area (Å²) in [5.74, 6) is 1.30. The number of ether oxygens (including phenoxy) is 1. The normalized spacial score (nSPS) is 17.7. The molecule has 2 atom stereocenters. The summed E-state index contributed by atoms with van der Waals surface area (Å²) in [6.07, 6.45) is 3.40. The maximum Gasteiger partial charge on any atom is 0.179 e. The van der Waals surface area contributed by atoms with Crippen molar-refractivity contribution in [1.82, 2.24) is 4.90 Å². The Morgan fingerprint density at radius 1 is 0.852 bits per heavy atom. The molecule has 3 nitrogen and oxygen atoms in total. The lowest BCUT2D eigenvalue weighted by atomic mass is 10.1. The van der Waals surface area contributed by atoms with Gasteiger partial charge in [0.15, 0.2) is 6.19 Å². The van der Waals surface area contributed by atoms with E-state index < -0.39 is 0 Å². The van der Waals surface area contributed by atoms with Crippen LogP contribution in [0.2, 0.25) is 0 Å². The second-order valence-electron chi connectivity index (χ2n) is 6.97. The van der Waals surface area contributed by atoms with Crippen LogP contribution in [0.15, 0.2) is 84.9 Å². The Balaban J connectivity index is 1.34. The molecule has 0 heterocycles. The molecule has 0 spiro atoms. The summed E-state index contributed by atoms with van der Waals surface area (Å²) in [5, 5.41) is 9.54. The molecule has 0 aliphatic heterocycles. The Labute approximate surface area is 160 Å². The Bertz CT molecular complexity index is 901. The van der Waals surface area contributed by atoms with Crippen molar-refractivity contribution in [3.8, 4) is 11.9 Å². The van der Waals surface area contributed by atoms with E-state index in [0.717, 1.165) is 17.7 Å². The van der Waals surface area contributed by atoms with Gasteiger partial charge in [0.25, 0.3) is 0 Å². The summed E-state index contributed by atoms with van der Waals surface area (Å²) in [7, 11) is 0. The molecule has 4 rings (SSSR count). The second kappa shape index (κ2) is 7.97. The van der Waals surface area contributed by atoms with Gasteiger partial charge in [-0.3, -0.25) is 0 Å². The van der Waals surface area contributed by atoms with Crippen LogP contribution < -0.4 is 4.74 Å². The molecule has 1 saturated carbocycles. The van der Waals surface area contributed by atoms with Crippen molar-refractivity contribution >= 4 is 0 Å². The van der Waals surface area contributed by atoms with Gasteiger partial charge in [-0.2, -0.15) is 5.26 Å². The summed E-state index contributed by atoms with van der Waals surface area (Å²) in [6.45, 7) is 1.25. The van der Waals surface area contributed by atoms with Gasteiger partial charge in [-0.15, -0.1) is 0 Å². The van der Waals surface area contributed by atoms with Crippen molar-refractivity contribution in [2.75, 3.05) is 0 Å². The van der Waals surface area contributed by atoms with E-state index in [1.807, 2.05) is 53.4 Å². The van der Waals surface area contributed by atoms with E-state index in [4.69, 9.17) is 4.74 Å². The number of nitriles is 1. The van der Waals surface area contributed by atoms with E-state index in [2.05, 4.69) is 42.6 Å². The summed E-state index contributed by atoms with van der Waals surface area (Å²) in [5.41, 5.74) is 3.61. The number of hydrogen-bond acceptors (Lipinski definition) is 3. The van der Waals surface area contributed by atoms with Crippen LogP contribution in [0.25, 0.3) is 0 Å². The average Bonchev–Trinajstić information content (AvgIpc) is 3.53. The van der Waals surface area contributed by atoms with Crippen LogP contribution in [0.1, 0.15) is 29.0 Å². The fourth-order valence-corrected chi connectivity index (χ4v) is 3.44. The van der Waals surface area contributed by atoms with Crippen molar-refractivity contribution < 1.29 is 4.74 Å². The Morgan fingerprint density at radius 3 is 2.11 bits per heavy atom. The highest BCUT2D eigenvalue weighted by atomic mass is 16.5. The molecule has 3 aromatic carbocycles. The first-order valence-electron chi connectivity index (χ1n) is 9.30. The standard InChI is InChI=1S/C24H22N2O/c25-18-26(16-19-7-3-1-4-8-19)24-15-23(24)21-11-13-22(14-12-21)27-17-20-9-5-2-6-10-20/h1-14,23-24H,15-17H2/t23-,24+/m0/s1. The lowest BCUT2D eigenvalue weighted by Gasteiger charge is -2.16. The van der Waals surface area contributed by atoms with E-state index in [0.29, 0.717) is 25.1 Å². The van der Waals surface area contributed by atoms with Gasteiger partial charge in [-0.25, -0.2) is 0 Å². The van der Waals surface area contributed by atoms with Crippen LogP contribution in [-0.2, 0) is 13.2 Å². The first kappa shape index (κ1) is 17.2. The Kier molecular flexibility index (Phi) is 5.07. The first-order valence-corrected chi connectivity index (χ1v) is 9.30. The highest BCUT2D eigenvalue weighted by Gasteiger charge is 2.42. The molecule has 0 bridgehead atoms. The highest BCUT2D eigenvalue weighted by molar-refractivity contribution is 5.34. The second-order valence-corrected chi connectivity index (χ2v) is 6.97. The zero-order chi connectivity index (χ0) is 18.5. The SMILES string of the molecule is N#CN(Cc1ccccc1)[C@@H]1C[C@H]1c1ccc(OCc2ccccc2)cc1. The van der Waals surface area contributed by atoms with Gasteiger partial charge in [0, 0.05) is 12.0 Å². The molecule has 0 radical (unpaired) electrons. The third-order valence-corrected chi connectivity index (χ3v) is 5.04. The van der Waals surface area contributed by atoms with Gasteiger partial charge < -0.3 is 9.64 Å². The number of nitrogens with zero attached hydrogens (tertiary/aromatic N) is 2. The molecule has 1 aliphatic rings. The minimum atomic E-state index is 0.297. The topological polar surface area (TPSA) is 36.3 Å². The molecule has 0 N–H and O–H groups in total. The monoisotopic (exact) mass is 354 g/mol. The summed E-state index contributed by atoms with van der Waals surface area (Å²) >= 11 is 0. The molecular formula is C24H22N2O. The van der Waals surface area contributed by atoms with Crippen molar-refractivity contribution in [2.45, 2.75) is 31.5 Å². The molecule has 3 heteroatoms. The maximum atomic E-state index is 9.54. The van der Waals surface area contributed by atoms with E-state index in [9.17, 15) is 5.26 Å². The lowest BCUT2D eigenvalue weighted by Crippen LogP contribution is -2.20. The van der Waals surface area contributed by atoms with Gasteiger partial charge in [0.1, 0.15) is 12.4 Å². The molecule has 3 aromatic rings. The Morgan fingerprint density at radius 2 is 1.48 bits per heavy atom. The van der Waals surface area contributed by atoms with E-state index in [1.54, 1.807) is 0 Å². The molecule has 1 aliphatic carbocycles. The van der Waals surface area contributed by atoms with Gasteiger partial charge in [-0.1, -0.05) is 72.8 Å². The van der Waals surface area contributed by atoms with E-state index in [1.165, 1.54) is 11.1 Å². The quantitative estimate of drug-likeness (QED) is 0.437. The summed E-state index contributed by atoms with van der Waals surface area (Å²) in [6, 6.07) is 29.0. The minimum absolute atomic E-state index is 0.297. The van der Waals surface area contributed by atoms with Crippen LogP contribution in [0.3, 0.4) is 0 Å². The third-order valence-electron chi connectivity index (χ3n) is 5.04. The van der Waals surface area contributed by atoms with Crippen LogP contribution in [0, 0.1) is 11.5 Å². The van der Waals surface area contributed by atoms with Crippen molar-refractivity contribution in [2.24, 2.45) is 0 Å². The summed E-state index contributed by atoms with van der Waals surface area (Å²) < 4.78 is 5.86. The van der Waals surface area contributed by atoms with Crippen molar-refractivity contribution in [3.63, 3.8) is 0 Å². The largest absolute Gasteiger partial charge is 0.489 e. The number of hydrogen-bond donors (Lipinski definition) is 0. The molecular weight excluding hydrogens is 332 g/mol. The zero-order valence-corrected chi connectivity index (χ0v) is 15.2. The molecule has 0 unspecified atom stereocenters. The molecule has 1 fully saturated rings. The average molecular weight is 354 g/mol. The highest BCUT2D eigenvalue weighted by Crippen LogP contribution is 2.45. The molecule has 134 valence electrons. The van der Waals surface area contributed by atoms with Crippen molar-refractivity contribution in [1.29, 1.82) is 5.26 Å². The van der Waals surface area contributed by atoms with Crippen LogP contribution in [0.4, 0.5) is 0 Å². The molecule has 0 aromatic heterocycles. The van der Waals surface area contributed by atoms with Gasteiger partial charge in [0.2, 0.25) is 0 Å². The number of rotatable bonds is 7. The predicted molar refractivity (Wildman–Crippen MR) is 106 cm³/mol. The molecule has 0 saturated heterocycles. The van der Waals surface area contributed by atoms with E-state index in [-0.39, 0.29) is 0 Å². The fourth-order valence-electron chi connectivity index (χ4n) is 3.44. The van der Waals surface area contributed by atoms with Gasteiger partial charge in [0.05, 0.1) is 6.54 Å². The number of benzene rings is 3. The Hall–Kier alpha value is -3.25. The lowest BCUT2D eigenvalue weighted by molar-refractivity contribution is 0.306. The van der Waals surface area contributed by atoms with Crippen molar-refractivity contribution in [3.05, 3.63) is 102 Å². The smallest absolute Gasteiger partial charge is 0.179 e. The zero-order valence-electron chi connectivity index (χ0n) is 15.2. The van der Waals surface area contributed by atoms with Crippen LogP contribution >= 0.6 is 0 Å². The minimum Gasteiger partial charge on any atom is -0.489 e. The third kappa shape index (κ3) is 4.30. The van der Waals surface area contributed by atoms with Gasteiger partial charge in [-0.05, 0) is 35.2 Å². The molecule has 0 amide bonds. The van der Waals surface area contributed by atoms with E-state index >= 15 is 0 Å². The predicted octanol–water partition coefficient (Wildman–Crippen LogP) is 5.10. The first-order chi connectivity index (χ1) is 13.3.